The molecule has 2 N–H and O–H groups in total. The summed E-state index contributed by atoms with van der Waals surface area (Å²) < 4.78 is 5.94. The minimum absolute atomic E-state index is 0.259. The molecule has 0 unspecified atom stereocenters. The number of oxazole rings is 1. The number of amides is 1. The minimum Gasteiger partial charge on any atom is -0.436 e. The summed E-state index contributed by atoms with van der Waals surface area (Å²) in [5.41, 5.74) is 6.14. The van der Waals surface area contributed by atoms with Crippen LogP contribution < -0.4 is 5.32 Å². The Hall–Kier alpha value is -4.77. The SMILES string of the molecule is Cc1cccc2oc(-c3c[nH]nc3-c3ccc(NC(=O)c4ccc(C#N)nc4)cc3)nc12. The summed E-state index contributed by atoms with van der Waals surface area (Å²) in [5.74, 6) is 0.181. The number of hydrogen-bond donors (Lipinski definition) is 2. The van der Waals surface area contributed by atoms with Crippen molar-refractivity contribution in [3.63, 3.8) is 0 Å². The number of aromatic nitrogens is 4. The maximum atomic E-state index is 12.4. The fourth-order valence-corrected chi connectivity index (χ4v) is 3.38. The van der Waals surface area contributed by atoms with Gasteiger partial charge in [-0.1, -0.05) is 24.3 Å². The third-order valence-electron chi connectivity index (χ3n) is 5.05. The Kier molecular flexibility index (Phi) is 4.69. The standard InChI is InChI=1S/C24H16N6O2/c1-14-3-2-4-20-21(14)29-24(32-20)19-13-27-30-22(19)15-5-8-17(9-6-15)28-23(31)16-7-10-18(11-25)26-12-16/h2-10,12-13H,1H3,(H,27,30)(H,28,31). The van der Waals surface area contributed by atoms with Crippen LogP contribution in [0.1, 0.15) is 21.6 Å². The molecule has 0 bridgehead atoms. The van der Waals surface area contributed by atoms with Crippen molar-refractivity contribution in [2.75, 3.05) is 5.32 Å². The smallest absolute Gasteiger partial charge is 0.257 e. The number of pyridine rings is 1. The van der Waals surface area contributed by atoms with Crippen molar-refractivity contribution in [3.8, 4) is 28.8 Å². The molecule has 8 nitrogen and oxygen atoms in total. The number of nitrogens with zero attached hydrogens (tertiary/aromatic N) is 4. The van der Waals surface area contributed by atoms with Crippen molar-refractivity contribution < 1.29 is 9.21 Å². The van der Waals surface area contributed by atoms with E-state index in [2.05, 4.69) is 25.5 Å². The summed E-state index contributed by atoms with van der Waals surface area (Å²) in [6.07, 6.45) is 3.13. The molecule has 32 heavy (non-hydrogen) atoms. The molecule has 0 saturated heterocycles. The van der Waals surface area contributed by atoms with Gasteiger partial charge in [-0.05, 0) is 42.8 Å². The molecule has 2 aromatic carbocycles. The first kappa shape index (κ1) is 19.2. The quantitative estimate of drug-likeness (QED) is 0.434. The first-order chi connectivity index (χ1) is 15.6. The lowest BCUT2D eigenvalue weighted by Gasteiger charge is -2.06. The molecule has 0 atom stereocenters. The van der Waals surface area contributed by atoms with Crippen molar-refractivity contribution >= 4 is 22.7 Å². The van der Waals surface area contributed by atoms with E-state index in [4.69, 9.17) is 9.68 Å². The number of aryl methyl sites for hydroxylation is 1. The number of fused-ring (bicyclic) bond motifs is 1. The molecule has 0 aliphatic rings. The van der Waals surface area contributed by atoms with Crippen molar-refractivity contribution in [1.82, 2.24) is 20.2 Å². The van der Waals surface area contributed by atoms with E-state index in [9.17, 15) is 4.79 Å². The average molecular weight is 420 g/mol. The average Bonchev–Trinajstić information content (AvgIpc) is 3.47. The van der Waals surface area contributed by atoms with E-state index >= 15 is 0 Å². The van der Waals surface area contributed by atoms with Gasteiger partial charge in [0.25, 0.3) is 5.91 Å². The van der Waals surface area contributed by atoms with Crippen LogP contribution in [-0.2, 0) is 0 Å². The number of carbonyl (C=O) groups excluding carboxylic acids is 1. The maximum Gasteiger partial charge on any atom is 0.257 e. The van der Waals surface area contributed by atoms with E-state index in [0.717, 1.165) is 27.8 Å². The summed E-state index contributed by atoms with van der Waals surface area (Å²) in [6, 6.07) is 18.1. The Bertz CT molecular complexity index is 1470. The van der Waals surface area contributed by atoms with Gasteiger partial charge in [-0.3, -0.25) is 9.89 Å². The third kappa shape index (κ3) is 3.48. The molecule has 0 saturated carbocycles. The fourth-order valence-electron chi connectivity index (χ4n) is 3.38. The molecule has 0 aliphatic carbocycles. The molecule has 0 aliphatic heterocycles. The number of hydrogen-bond acceptors (Lipinski definition) is 6. The third-order valence-corrected chi connectivity index (χ3v) is 5.05. The van der Waals surface area contributed by atoms with Gasteiger partial charge in [0.2, 0.25) is 5.89 Å². The number of benzene rings is 2. The highest BCUT2D eigenvalue weighted by atomic mass is 16.3. The molecule has 1 amide bonds. The lowest BCUT2D eigenvalue weighted by molar-refractivity contribution is 0.102. The first-order valence-corrected chi connectivity index (χ1v) is 9.80. The highest BCUT2D eigenvalue weighted by Crippen LogP contribution is 2.33. The Morgan fingerprint density at radius 3 is 2.69 bits per heavy atom. The predicted molar refractivity (Wildman–Crippen MR) is 119 cm³/mol. The fraction of sp³-hybridized carbons (Fsp3) is 0.0417. The molecular weight excluding hydrogens is 404 g/mol. The van der Waals surface area contributed by atoms with Crippen LogP contribution >= 0.6 is 0 Å². The van der Waals surface area contributed by atoms with Crippen LogP contribution in [0.5, 0.6) is 0 Å². The zero-order valence-electron chi connectivity index (χ0n) is 17.0. The number of aromatic amines is 1. The molecular formula is C24H16N6O2. The summed E-state index contributed by atoms with van der Waals surface area (Å²) in [6.45, 7) is 1.99. The summed E-state index contributed by atoms with van der Waals surface area (Å²) in [4.78, 5) is 21.0. The number of rotatable bonds is 4. The lowest BCUT2D eigenvalue weighted by Crippen LogP contribution is -2.12. The van der Waals surface area contributed by atoms with Gasteiger partial charge < -0.3 is 9.73 Å². The second kappa shape index (κ2) is 7.81. The topological polar surface area (TPSA) is 120 Å². The van der Waals surface area contributed by atoms with Crippen molar-refractivity contribution in [2.45, 2.75) is 6.92 Å². The van der Waals surface area contributed by atoms with Gasteiger partial charge in [0.15, 0.2) is 5.58 Å². The molecule has 0 radical (unpaired) electrons. The van der Waals surface area contributed by atoms with Crippen LogP contribution in [0.25, 0.3) is 33.8 Å². The van der Waals surface area contributed by atoms with E-state index in [0.29, 0.717) is 22.8 Å². The number of carbonyl (C=O) groups is 1. The van der Waals surface area contributed by atoms with Gasteiger partial charge in [-0.15, -0.1) is 0 Å². The number of nitriles is 1. The molecule has 0 spiro atoms. The second-order valence-corrected chi connectivity index (χ2v) is 7.16. The van der Waals surface area contributed by atoms with Crippen LogP contribution in [0.3, 0.4) is 0 Å². The van der Waals surface area contributed by atoms with Gasteiger partial charge in [0.1, 0.15) is 23.0 Å². The first-order valence-electron chi connectivity index (χ1n) is 9.80. The van der Waals surface area contributed by atoms with Gasteiger partial charge in [0.05, 0.1) is 11.1 Å². The molecule has 5 aromatic rings. The number of anilines is 1. The van der Waals surface area contributed by atoms with Crippen LogP contribution in [-0.4, -0.2) is 26.1 Å². The molecule has 5 rings (SSSR count). The Morgan fingerprint density at radius 2 is 1.97 bits per heavy atom. The van der Waals surface area contributed by atoms with Crippen molar-refractivity contribution in [2.24, 2.45) is 0 Å². The van der Waals surface area contributed by atoms with Gasteiger partial charge >= 0.3 is 0 Å². The van der Waals surface area contributed by atoms with Crippen LogP contribution in [0, 0.1) is 18.3 Å². The zero-order valence-corrected chi connectivity index (χ0v) is 17.0. The van der Waals surface area contributed by atoms with Gasteiger partial charge in [-0.2, -0.15) is 10.4 Å². The van der Waals surface area contributed by atoms with Crippen molar-refractivity contribution in [1.29, 1.82) is 5.26 Å². The Balaban J connectivity index is 1.39. The highest BCUT2D eigenvalue weighted by Gasteiger charge is 2.17. The number of H-pyrrole nitrogens is 1. The normalized spacial score (nSPS) is 10.8. The van der Waals surface area contributed by atoms with Crippen molar-refractivity contribution in [3.05, 3.63) is 83.8 Å². The van der Waals surface area contributed by atoms with E-state index in [-0.39, 0.29) is 11.6 Å². The molecule has 154 valence electrons. The second-order valence-electron chi connectivity index (χ2n) is 7.16. The summed E-state index contributed by atoms with van der Waals surface area (Å²) >= 11 is 0. The zero-order chi connectivity index (χ0) is 22.1. The van der Waals surface area contributed by atoms with Gasteiger partial charge in [0, 0.05) is 23.6 Å². The van der Waals surface area contributed by atoms with Crippen LogP contribution in [0.4, 0.5) is 5.69 Å². The molecule has 3 aromatic heterocycles. The van der Waals surface area contributed by atoms with Gasteiger partial charge in [-0.25, -0.2) is 9.97 Å². The predicted octanol–water partition coefficient (Wildman–Crippen LogP) is 4.71. The Morgan fingerprint density at radius 1 is 1.12 bits per heavy atom. The maximum absolute atomic E-state index is 12.4. The number of nitrogens with one attached hydrogen (secondary N) is 2. The minimum atomic E-state index is -0.308. The molecule has 8 heteroatoms. The Labute approximate surface area is 182 Å². The van der Waals surface area contributed by atoms with E-state index < -0.39 is 0 Å². The summed E-state index contributed by atoms with van der Waals surface area (Å²) in [5, 5.41) is 18.9. The highest BCUT2D eigenvalue weighted by molar-refractivity contribution is 6.04. The largest absolute Gasteiger partial charge is 0.436 e. The molecule has 0 fully saturated rings. The number of para-hydroxylation sites is 1. The van der Waals surface area contributed by atoms with Crippen LogP contribution in [0.15, 0.2) is 71.4 Å². The van der Waals surface area contributed by atoms with E-state index in [1.165, 1.54) is 12.3 Å². The van der Waals surface area contributed by atoms with E-state index in [1.807, 2.05) is 43.3 Å². The van der Waals surface area contributed by atoms with Crippen LogP contribution in [0.2, 0.25) is 0 Å². The summed E-state index contributed by atoms with van der Waals surface area (Å²) in [7, 11) is 0. The monoisotopic (exact) mass is 420 g/mol. The molecule has 3 heterocycles. The van der Waals surface area contributed by atoms with E-state index in [1.54, 1.807) is 24.4 Å². The lowest BCUT2D eigenvalue weighted by atomic mass is 10.1.